The SMILES string of the molecule is O=[N+]([O-])c1ccccc1SC1CC2C(c3ccccc3Br)Nc3ccc(Cl)cc3C2C1Cl. The van der Waals surface area contributed by atoms with Gasteiger partial charge in [0.15, 0.2) is 0 Å². The fraction of sp³-hybridized carbons (Fsp3) is 0.250. The maximum absolute atomic E-state index is 11.5. The van der Waals surface area contributed by atoms with Crippen LogP contribution in [-0.4, -0.2) is 15.6 Å². The molecule has 0 radical (unpaired) electrons. The number of nitro groups is 1. The van der Waals surface area contributed by atoms with Crippen molar-refractivity contribution in [1.29, 1.82) is 0 Å². The monoisotopic (exact) mass is 548 g/mol. The van der Waals surface area contributed by atoms with Crippen molar-refractivity contribution in [2.24, 2.45) is 5.92 Å². The third-order valence-electron chi connectivity index (χ3n) is 6.36. The zero-order valence-corrected chi connectivity index (χ0v) is 20.7. The summed E-state index contributed by atoms with van der Waals surface area (Å²) >= 11 is 18.7. The van der Waals surface area contributed by atoms with E-state index in [9.17, 15) is 10.1 Å². The Hall–Kier alpha value is -1.73. The van der Waals surface area contributed by atoms with Gasteiger partial charge in [-0.05, 0) is 53.8 Å². The van der Waals surface area contributed by atoms with Crippen LogP contribution in [0.5, 0.6) is 0 Å². The van der Waals surface area contributed by atoms with Gasteiger partial charge in [0.2, 0.25) is 0 Å². The molecular formula is C24H19BrCl2N2O2S. The smallest absolute Gasteiger partial charge is 0.282 e. The summed E-state index contributed by atoms with van der Waals surface area (Å²) in [6.45, 7) is 0. The molecule has 8 heteroatoms. The Labute approximate surface area is 209 Å². The highest BCUT2D eigenvalue weighted by Crippen LogP contribution is 2.58. The summed E-state index contributed by atoms with van der Waals surface area (Å²) in [4.78, 5) is 11.9. The van der Waals surface area contributed by atoms with Gasteiger partial charge in [0, 0.05) is 32.4 Å². The minimum atomic E-state index is -0.325. The van der Waals surface area contributed by atoms with Gasteiger partial charge >= 0.3 is 0 Å². The van der Waals surface area contributed by atoms with E-state index in [1.807, 2.05) is 42.5 Å². The molecule has 0 amide bonds. The fourth-order valence-electron chi connectivity index (χ4n) is 4.99. The van der Waals surface area contributed by atoms with Crippen LogP contribution in [0.15, 0.2) is 76.1 Å². The number of alkyl halides is 1. The molecule has 1 saturated carbocycles. The van der Waals surface area contributed by atoms with Gasteiger partial charge in [0.1, 0.15) is 0 Å². The molecule has 0 bridgehead atoms. The number of benzene rings is 3. The second kappa shape index (κ2) is 8.90. The molecule has 5 atom stereocenters. The largest absolute Gasteiger partial charge is 0.378 e. The van der Waals surface area contributed by atoms with Gasteiger partial charge in [-0.2, -0.15) is 0 Å². The predicted octanol–water partition coefficient (Wildman–Crippen LogP) is 8.05. The van der Waals surface area contributed by atoms with Gasteiger partial charge in [-0.15, -0.1) is 23.4 Å². The average Bonchev–Trinajstić information content (AvgIpc) is 3.10. The van der Waals surface area contributed by atoms with Crippen LogP contribution in [0.4, 0.5) is 11.4 Å². The minimum Gasteiger partial charge on any atom is -0.378 e. The molecular weight excluding hydrogens is 531 g/mol. The number of hydrogen-bond acceptors (Lipinski definition) is 4. The number of nitrogens with one attached hydrogen (secondary N) is 1. The second-order valence-electron chi connectivity index (χ2n) is 8.13. The van der Waals surface area contributed by atoms with Crippen LogP contribution in [0.2, 0.25) is 5.02 Å². The van der Waals surface area contributed by atoms with Crippen LogP contribution < -0.4 is 5.32 Å². The molecule has 5 unspecified atom stereocenters. The van der Waals surface area contributed by atoms with Crippen molar-refractivity contribution in [3.8, 4) is 0 Å². The highest BCUT2D eigenvalue weighted by molar-refractivity contribution is 9.10. The normalized spacial score (nSPS) is 26.2. The van der Waals surface area contributed by atoms with Crippen molar-refractivity contribution in [2.75, 3.05) is 5.32 Å². The summed E-state index contributed by atoms with van der Waals surface area (Å²) in [5, 5.41) is 15.8. The van der Waals surface area contributed by atoms with Gasteiger partial charge < -0.3 is 5.32 Å². The third-order valence-corrected chi connectivity index (χ3v) is 9.43. The number of fused-ring (bicyclic) bond motifs is 3. The molecule has 1 N–H and O–H groups in total. The van der Waals surface area contributed by atoms with E-state index in [0.29, 0.717) is 9.92 Å². The summed E-state index contributed by atoms with van der Waals surface area (Å²) in [7, 11) is 0. The number of anilines is 1. The molecule has 0 aromatic heterocycles. The van der Waals surface area contributed by atoms with Crippen LogP contribution in [0.1, 0.15) is 29.5 Å². The summed E-state index contributed by atoms with van der Waals surface area (Å²) in [6.07, 6.45) is 0.834. The van der Waals surface area contributed by atoms with Gasteiger partial charge in [-0.3, -0.25) is 10.1 Å². The first-order chi connectivity index (χ1) is 15.4. The minimum absolute atomic E-state index is 0.0319. The molecule has 1 heterocycles. The molecule has 3 aromatic carbocycles. The van der Waals surface area contributed by atoms with Crippen LogP contribution in [0.25, 0.3) is 0 Å². The standard InChI is InChI=1S/C24H19BrCl2N2O2S/c25-17-6-2-1-5-14(17)24-16-12-21(32-20-8-4-3-7-19(20)29(30)31)23(27)22(16)15-11-13(26)9-10-18(15)28-24/h1-11,16,21-24,28H,12H2. The fourth-order valence-corrected chi connectivity index (χ4v) is 7.65. The predicted molar refractivity (Wildman–Crippen MR) is 135 cm³/mol. The topological polar surface area (TPSA) is 55.2 Å². The number of halogens is 3. The molecule has 0 spiro atoms. The number of rotatable bonds is 4. The molecule has 32 heavy (non-hydrogen) atoms. The maximum atomic E-state index is 11.5. The summed E-state index contributed by atoms with van der Waals surface area (Å²) in [5.41, 5.74) is 3.47. The Morgan fingerprint density at radius 3 is 2.59 bits per heavy atom. The highest BCUT2D eigenvalue weighted by Gasteiger charge is 2.50. The number of hydrogen-bond donors (Lipinski definition) is 1. The number of nitro benzene ring substituents is 1. The number of para-hydroxylation sites is 1. The Kier molecular flexibility index (Phi) is 6.14. The van der Waals surface area contributed by atoms with Crippen molar-refractivity contribution in [1.82, 2.24) is 0 Å². The van der Waals surface area contributed by atoms with E-state index in [-0.39, 0.29) is 39.1 Å². The highest BCUT2D eigenvalue weighted by atomic mass is 79.9. The van der Waals surface area contributed by atoms with E-state index in [1.54, 1.807) is 12.1 Å². The average molecular weight is 550 g/mol. The lowest BCUT2D eigenvalue weighted by Gasteiger charge is -2.38. The Balaban J connectivity index is 1.55. The zero-order valence-electron chi connectivity index (χ0n) is 16.8. The molecule has 1 fully saturated rings. The zero-order chi connectivity index (χ0) is 22.4. The lowest BCUT2D eigenvalue weighted by Crippen LogP contribution is -2.31. The van der Waals surface area contributed by atoms with Crippen LogP contribution in [-0.2, 0) is 0 Å². The third kappa shape index (κ3) is 3.92. The van der Waals surface area contributed by atoms with E-state index < -0.39 is 0 Å². The van der Waals surface area contributed by atoms with E-state index in [2.05, 4.69) is 33.4 Å². The quantitative estimate of drug-likeness (QED) is 0.203. The lowest BCUT2D eigenvalue weighted by atomic mass is 9.77. The molecule has 2 aliphatic rings. The van der Waals surface area contributed by atoms with E-state index in [1.165, 1.54) is 17.3 Å². The van der Waals surface area contributed by atoms with E-state index >= 15 is 0 Å². The summed E-state index contributed by atoms with van der Waals surface area (Å²) in [6, 6.07) is 21.1. The summed E-state index contributed by atoms with van der Waals surface area (Å²) < 4.78 is 1.05. The van der Waals surface area contributed by atoms with Crippen molar-refractivity contribution >= 4 is 62.3 Å². The van der Waals surface area contributed by atoms with Gasteiger partial charge in [0.25, 0.3) is 5.69 Å². The molecule has 1 aliphatic heterocycles. The number of nitrogens with zero attached hydrogens (tertiary/aromatic N) is 1. The van der Waals surface area contributed by atoms with Gasteiger partial charge in [0.05, 0.1) is 21.2 Å². The first-order valence-corrected chi connectivity index (χ1v) is 12.8. The van der Waals surface area contributed by atoms with Crippen molar-refractivity contribution in [2.45, 2.75) is 33.9 Å². The Morgan fingerprint density at radius 2 is 1.81 bits per heavy atom. The molecule has 1 aliphatic carbocycles. The molecule has 0 saturated heterocycles. The number of thioether (sulfide) groups is 1. The molecule has 3 aromatic rings. The van der Waals surface area contributed by atoms with Crippen LogP contribution >= 0.6 is 50.9 Å². The van der Waals surface area contributed by atoms with E-state index in [0.717, 1.165) is 22.1 Å². The molecule has 5 rings (SSSR count). The van der Waals surface area contributed by atoms with Crippen LogP contribution in [0, 0.1) is 16.0 Å². The van der Waals surface area contributed by atoms with Crippen molar-refractivity contribution in [3.05, 3.63) is 97.5 Å². The van der Waals surface area contributed by atoms with Crippen molar-refractivity contribution in [3.63, 3.8) is 0 Å². The Bertz CT molecular complexity index is 1190. The van der Waals surface area contributed by atoms with Gasteiger partial charge in [-0.1, -0.05) is 57.9 Å². The second-order valence-corrected chi connectivity index (χ2v) is 11.2. The van der Waals surface area contributed by atoms with E-state index in [4.69, 9.17) is 23.2 Å². The Morgan fingerprint density at radius 1 is 1.06 bits per heavy atom. The van der Waals surface area contributed by atoms with Crippen LogP contribution in [0.3, 0.4) is 0 Å². The van der Waals surface area contributed by atoms with Gasteiger partial charge in [-0.25, -0.2) is 0 Å². The summed E-state index contributed by atoms with van der Waals surface area (Å²) in [5.74, 6) is 0.312. The first-order valence-electron chi connectivity index (χ1n) is 10.3. The molecule has 164 valence electrons. The first kappa shape index (κ1) is 22.1. The molecule has 4 nitrogen and oxygen atoms in total. The van der Waals surface area contributed by atoms with Crippen molar-refractivity contribution < 1.29 is 4.92 Å². The maximum Gasteiger partial charge on any atom is 0.282 e. The lowest BCUT2D eigenvalue weighted by molar-refractivity contribution is -0.387.